The largest absolute Gasteiger partial charge is 0.335 e. The summed E-state index contributed by atoms with van der Waals surface area (Å²) in [7, 11) is 0. The van der Waals surface area contributed by atoms with Crippen LogP contribution < -0.4 is 0 Å². The Kier molecular flexibility index (Phi) is 10.3. The van der Waals surface area contributed by atoms with E-state index < -0.39 is 0 Å². The van der Waals surface area contributed by atoms with Gasteiger partial charge in [0.2, 0.25) is 5.91 Å². The number of hydrogen-bond acceptors (Lipinski definition) is 1. The van der Waals surface area contributed by atoms with Gasteiger partial charge >= 0.3 is 0 Å². The van der Waals surface area contributed by atoms with Crippen molar-refractivity contribution in [3.63, 3.8) is 0 Å². The van der Waals surface area contributed by atoms with E-state index in [0.29, 0.717) is 19.5 Å². The van der Waals surface area contributed by atoms with Gasteiger partial charge in [0.05, 0.1) is 0 Å². The van der Waals surface area contributed by atoms with E-state index in [-0.39, 0.29) is 5.91 Å². The summed E-state index contributed by atoms with van der Waals surface area (Å²) in [6, 6.07) is 0. The van der Waals surface area contributed by atoms with Crippen LogP contribution in [0.5, 0.6) is 0 Å². The SMILES string of the molecule is C=CCN(C/C=C/CC/C=C\CC)C(=O)CC. The lowest BCUT2D eigenvalue weighted by Gasteiger charge is -2.18. The maximum absolute atomic E-state index is 11.5. The van der Waals surface area contributed by atoms with Crippen LogP contribution in [0.3, 0.4) is 0 Å². The summed E-state index contributed by atoms with van der Waals surface area (Å²) >= 11 is 0. The average Bonchev–Trinajstić information content (AvgIpc) is 2.35. The lowest BCUT2D eigenvalue weighted by atomic mass is 10.2. The third-order valence-corrected chi connectivity index (χ3v) is 2.40. The zero-order valence-corrected chi connectivity index (χ0v) is 11.2. The average molecular weight is 235 g/mol. The molecule has 0 bridgehead atoms. The minimum Gasteiger partial charge on any atom is -0.335 e. The zero-order valence-electron chi connectivity index (χ0n) is 11.2. The molecule has 1 amide bonds. The second-order valence-corrected chi connectivity index (χ2v) is 3.87. The molecule has 17 heavy (non-hydrogen) atoms. The topological polar surface area (TPSA) is 20.3 Å². The van der Waals surface area contributed by atoms with Crippen LogP contribution in [0.25, 0.3) is 0 Å². The van der Waals surface area contributed by atoms with Crippen molar-refractivity contribution in [2.45, 2.75) is 39.5 Å². The van der Waals surface area contributed by atoms with Gasteiger partial charge < -0.3 is 4.90 Å². The number of unbranched alkanes of at least 4 members (excludes halogenated alkanes) is 1. The van der Waals surface area contributed by atoms with Gasteiger partial charge in [0, 0.05) is 19.5 Å². The predicted molar refractivity (Wildman–Crippen MR) is 74.9 cm³/mol. The third kappa shape index (κ3) is 8.49. The first-order valence-corrected chi connectivity index (χ1v) is 6.44. The van der Waals surface area contributed by atoms with Crippen molar-refractivity contribution in [3.8, 4) is 0 Å². The molecule has 0 heterocycles. The van der Waals surface area contributed by atoms with Crippen LogP contribution in [0.2, 0.25) is 0 Å². The van der Waals surface area contributed by atoms with Crippen molar-refractivity contribution in [1.29, 1.82) is 0 Å². The summed E-state index contributed by atoms with van der Waals surface area (Å²) in [5.74, 6) is 0.181. The Hall–Kier alpha value is -1.31. The minimum atomic E-state index is 0.181. The molecule has 0 fully saturated rings. The number of allylic oxidation sites excluding steroid dienone is 3. The van der Waals surface area contributed by atoms with Gasteiger partial charge in [-0.1, -0.05) is 44.2 Å². The highest BCUT2D eigenvalue weighted by atomic mass is 16.2. The molecule has 0 aromatic rings. The van der Waals surface area contributed by atoms with Crippen molar-refractivity contribution < 1.29 is 4.79 Å². The van der Waals surface area contributed by atoms with Crippen molar-refractivity contribution in [3.05, 3.63) is 37.0 Å². The van der Waals surface area contributed by atoms with E-state index in [1.54, 1.807) is 6.08 Å². The highest BCUT2D eigenvalue weighted by molar-refractivity contribution is 5.76. The molecule has 0 radical (unpaired) electrons. The van der Waals surface area contributed by atoms with Crippen molar-refractivity contribution in [2.75, 3.05) is 13.1 Å². The van der Waals surface area contributed by atoms with Crippen LogP contribution in [-0.2, 0) is 4.79 Å². The molecule has 0 aliphatic carbocycles. The van der Waals surface area contributed by atoms with Crippen LogP contribution in [0.15, 0.2) is 37.0 Å². The summed E-state index contributed by atoms with van der Waals surface area (Å²) in [5.41, 5.74) is 0. The quantitative estimate of drug-likeness (QED) is 0.440. The molecule has 0 aliphatic rings. The van der Waals surface area contributed by atoms with Gasteiger partial charge in [0.15, 0.2) is 0 Å². The highest BCUT2D eigenvalue weighted by Gasteiger charge is 2.06. The summed E-state index contributed by atoms with van der Waals surface area (Å²) in [4.78, 5) is 13.4. The number of nitrogens with zero attached hydrogens (tertiary/aromatic N) is 1. The van der Waals surface area contributed by atoms with Gasteiger partial charge in [-0.25, -0.2) is 0 Å². The maximum atomic E-state index is 11.5. The molecule has 0 rings (SSSR count). The fourth-order valence-electron chi connectivity index (χ4n) is 1.45. The molecule has 2 heteroatoms. The van der Waals surface area contributed by atoms with Crippen LogP contribution in [0, 0.1) is 0 Å². The summed E-state index contributed by atoms with van der Waals surface area (Å²) < 4.78 is 0. The molecule has 2 nitrogen and oxygen atoms in total. The van der Waals surface area contributed by atoms with E-state index in [1.165, 1.54) is 0 Å². The molecule has 0 aliphatic heterocycles. The first kappa shape index (κ1) is 15.7. The third-order valence-electron chi connectivity index (χ3n) is 2.40. The molecular formula is C15H25NO. The summed E-state index contributed by atoms with van der Waals surface area (Å²) in [6.45, 7) is 9.01. The van der Waals surface area contributed by atoms with Gasteiger partial charge in [0.1, 0.15) is 0 Å². The lowest BCUT2D eigenvalue weighted by molar-refractivity contribution is -0.129. The summed E-state index contributed by atoms with van der Waals surface area (Å²) in [5, 5.41) is 0. The fourth-order valence-corrected chi connectivity index (χ4v) is 1.45. The van der Waals surface area contributed by atoms with Crippen LogP contribution >= 0.6 is 0 Å². The standard InChI is InChI=1S/C15H25NO/c1-4-7-8-9-10-11-12-14-16(13-5-2)15(17)6-3/h5,7-8,11-12H,2,4,6,9-10,13-14H2,1,3H3/b8-7-,12-11+. The fraction of sp³-hybridized carbons (Fsp3) is 0.533. The summed E-state index contributed by atoms with van der Waals surface area (Å²) in [6.07, 6.45) is 14.1. The van der Waals surface area contributed by atoms with Crippen LogP contribution in [0.1, 0.15) is 39.5 Å². The Morgan fingerprint density at radius 3 is 2.24 bits per heavy atom. The van der Waals surface area contributed by atoms with Gasteiger partial charge in [-0.2, -0.15) is 0 Å². The van der Waals surface area contributed by atoms with Crippen LogP contribution in [0.4, 0.5) is 0 Å². The van der Waals surface area contributed by atoms with Gasteiger partial charge in [0.25, 0.3) is 0 Å². The molecule has 0 spiro atoms. The van der Waals surface area contributed by atoms with E-state index in [2.05, 4.69) is 37.8 Å². The monoisotopic (exact) mass is 235 g/mol. The first-order valence-electron chi connectivity index (χ1n) is 6.44. The molecule has 0 saturated heterocycles. The van der Waals surface area contributed by atoms with E-state index in [9.17, 15) is 4.79 Å². The van der Waals surface area contributed by atoms with Crippen molar-refractivity contribution in [2.24, 2.45) is 0 Å². The number of hydrogen-bond donors (Lipinski definition) is 0. The maximum Gasteiger partial charge on any atom is 0.222 e. The lowest BCUT2D eigenvalue weighted by Crippen LogP contribution is -2.30. The normalized spacial score (nSPS) is 11.2. The molecule has 96 valence electrons. The second kappa shape index (κ2) is 11.2. The molecule has 0 aromatic carbocycles. The number of carbonyl (C=O) groups excluding carboxylic acids is 1. The smallest absolute Gasteiger partial charge is 0.222 e. The minimum absolute atomic E-state index is 0.181. The van der Waals surface area contributed by atoms with E-state index >= 15 is 0 Å². The Morgan fingerprint density at radius 1 is 1.06 bits per heavy atom. The predicted octanol–water partition coefficient (Wildman–Crippen LogP) is 3.71. The van der Waals surface area contributed by atoms with Crippen LogP contribution in [-0.4, -0.2) is 23.9 Å². The Labute approximate surface area is 106 Å². The molecule has 0 aromatic heterocycles. The molecule has 0 saturated carbocycles. The highest BCUT2D eigenvalue weighted by Crippen LogP contribution is 1.98. The van der Waals surface area contributed by atoms with Crippen molar-refractivity contribution >= 4 is 5.91 Å². The molecular weight excluding hydrogens is 210 g/mol. The van der Waals surface area contributed by atoms with E-state index in [4.69, 9.17) is 0 Å². The van der Waals surface area contributed by atoms with Gasteiger partial charge in [-0.15, -0.1) is 6.58 Å². The van der Waals surface area contributed by atoms with E-state index in [0.717, 1.165) is 19.3 Å². The van der Waals surface area contributed by atoms with Gasteiger partial charge in [-0.05, 0) is 19.3 Å². The number of amides is 1. The molecule has 0 unspecified atom stereocenters. The Balaban J connectivity index is 3.87. The van der Waals surface area contributed by atoms with E-state index in [1.807, 2.05) is 11.8 Å². The Bertz CT molecular complexity index is 266. The number of carbonyl (C=O) groups is 1. The first-order chi connectivity index (χ1) is 8.26. The molecule has 0 N–H and O–H groups in total. The van der Waals surface area contributed by atoms with Crippen molar-refractivity contribution in [1.82, 2.24) is 4.90 Å². The zero-order chi connectivity index (χ0) is 12.9. The number of rotatable bonds is 9. The Morgan fingerprint density at radius 2 is 1.71 bits per heavy atom. The second-order valence-electron chi connectivity index (χ2n) is 3.87. The van der Waals surface area contributed by atoms with Gasteiger partial charge in [-0.3, -0.25) is 4.79 Å². The molecule has 0 atom stereocenters.